The minimum absolute atomic E-state index is 0.0661. The normalized spacial score (nSPS) is 19.7. The number of alkyl halides is 3. The van der Waals surface area contributed by atoms with E-state index in [2.05, 4.69) is 15.0 Å². The van der Waals surface area contributed by atoms with E-state index in [1.165, 1.54) is 10.6 Å². The number of rotatable bonds is 5. The SMILES string of the molecule is Cc1cc(Cl)n2ncnc(N3CC4(CC(N(CCC(F)(F)F)[SH]=O)C4)C3)c12. The molecule has 0 aromatic carbocycles. The van der Waals surface area contributed by atoms with Gasteiger partial charge in [-0.25, -0.2) is 18.0 Å². The van der Waals surface area contributed by atoms with Gasteiger partial charge in [0, 0.05) is 31.1 Å². The molecular weight excluding hydrogens is 403 g/mol. The number of aryl methyl sites for hydroxylation is 1. The minimum Gasteiger partial charge on any atom is -0.354 e. The van der Waals surface area contributed by atoms with E-state index in [0.29, 0.717) is 5.15 Å². The lowest BCUT2D eigenvalue weighted by molar-refractivity contribution is -0.137. The van der Waals surface area contributed by atoms with Gasteiger partial charge in [0.05, 0.1) is 18.3 Å². The van der Waals surface area contributed by atoms with Crippen molar-refractivity contribution in [3.8, 4) is 0 Å². The quantitative estimate of drug-likeness (QED) is 0.754. The van der Waals surface area contributed by atoms with E-state index in [9.17, 15) is 17.4 Å². The van der Waals surface area contributed by atoms with Gasteiger partial charge in [0.15, 0.2) is 5.82 Å². The summed E-state index contributed by atoms with van der Waals surface area (Å²) in [7, 11) is 0. The number of nitrogens with zero attached hydrogens (tertiary/aromatic N) is 5. The third kappa shape index (κ3) is 3.42. The molecule has 11 heteroatoms. The molecule has 2 aromatic heterocycles. The van der Waals surface area contributed by atoms with E-state index in [-0.39, 0.29) is 29.9 Å². The molecule has 2 fully saturated rings. The van der Waals surface area contributed by atoms with Crippen LogP contribution in [0, 0.1) is 12.3 Å². The van der Waals surface area contributed by atoms with Crippen molar-refractivity contribution in [1.29, 1.82) is 0 Å². The molecule has 2 aliphatic rings. The van der Waals surface area contributed by atoms with Gasteiger partial charge >= 0.3 is 6.18 Å². The Morgan fingerprint density at radius 2 is 2.11 bits per heavy atom. The zero-order valence-electron chi connectivity index (χ0n) is 14.6. The van der Waals surface area contributed by atoms with Gasteiger partial charge < -0.3 is 4.90 Å². The first-order chi connectivity index (χ1) is 12.7. The predicted molar refractivity (Wildman–Crippen MR) is 97.3 cm³/mol. The molecule has 3 heterocycles. The summed E-state index contributed by atoms with van der Waals surface area (Å²) in [5.74, 6) is 0.819. The van der Waals surface area contributed by atoms with Gasteiger partial charge in [-0.2, -0.15) is 18.3 Å². The van der Waals surface area contributed by atoms with Gasteiger partial charge in [-0.15, -0.1) is 0 Å². The van der Waals surface area contributed by atoms with Crippen LogP contribution in [-0.4, -0.2) is 55.0 Å². The van der Waals surface area contributed by atoms with Gasteiger partial charge in [0.2, 0.25) is 0 Å². The lowest BCUT2D eigenvalue weighted by atomic mass is 9.60. The lowest BCUT2D eigenvalue weighted by Crippen LogP contribution is -2.66. The van der Waals surface area contributed by atoms with Crippen LogP contribution < -0.4 is 4.90 Å². The van der Waals surface area contributed by atoms with Crippen molar-refractivity contribution < 1.29 is 17.4 Å². The molecule has 6 nitrogen and oxygen atoms in total. The van der Waals surface area contributed by atoms with E-state index >= 15 is 0 Å². The Morgan fingerprint density at radius 3 is 2.74 bits per heavy atom. The smallest absolute Gasteiger partial charge is 0.354 e. The molecule has 1 saturated heterocycles. The molecule has 1 spiro atoms. The van der Waals surface area contributed by atoms with Crippen LogP contribution >= 0.6 is 11.6 Å². The minimum atomic E-state index is -4.23. The Kier molecular flexibility index (Phi) is 4.63. The van der Waals surface area contributed by atoms with E-state index in [1.54, 1.807) is 4.52 Å². The Labute approximate surface area is 162 Å². The standard InChI is InChI=1S/C16H19ClF3N5OS/c1-10-4-12(17)25-13(10)14(21-9-22-25)23-7-15(8-23)5-11(6-15)24(27-26)3-2-16(18,19)20/h4,9,11,27H,2-3,5-8H2,1H3. The third-order valence-electron chi connectivity index (χ3n) is 5.52. The number of hydrogen-bond acceptors (Lipinski definition) is 4. The molecule has 1 aliphatic heterocycles. The predicted octanol–water partition coefficient (Wildman–Crippen LogP) is 2.77. The molecule has 0 atom stereocenters. The van der Waals surface area contributed by atoms with Gasteiger partial charge in [0.25, 0.3) is 0 Å². The Morgan fingerprint density at radius 1 is 1.41 bits per heavy atom. The maximum atomic E-state index is 12.4. The average molecular weight is 422 g/mol. The van der Waals surface area contributed by atoms with Crippen LogP contribution in [0.4, 0.5) is 19.0 Å². The fraction of sp³-hybridized carbons (Fsp3) is 0.625. The van der Waals surface area contributed by atoms with Crippen LogP contribution in [-0.2, 0) is 11.9 Å². The van der Waals surface area contributed by atoms with Crippen LogP contribution in [0.3, 0.4) is 0 Å². The summed E-state index contributed by atoms with van der Waals surface area (Å²) in [5, 5.41) is 4.70. The van der Waals surface area contributed by atoms with Crippen molar-refractivity contribution in [3.05, 3.63) is 23.1 Å². The zero-order chi connectivity index (χ0) is 19.4. The second-order valence-electron chi connectivity index (χ2n) is 7.52. The molecule has 27 heavy (non-hydrogen) atoms. The summed E-state index contributed by atoms with van der Waals surface area (Å²) in [5.41, 5.74) is 1.93. The lowest BCUT2D eigenvalue weighted by Gasteiger charge is -2.60. The van der Waals surface area contributed by atoms with Crippen molar-refractivity contribution in [2.45, 2.75) is 38.4 Å². The number of anilines is 1. The maximum absolute atomic E-state index is 12.4. The summed E-state index contributed by atoms with van der Waals surface area (Å²) >= 11 is 5.84. The number of halogens is 4. The second-order valence-corrected chi connectivity index (χ2v) is 8.59. The maximum Gasteiger partial charge on any atom is 0.390 e. The van der Waals surface area contributed by atoms with Gasteiger partial charge in [-0.3, -0.25) is 0 Å². The highest BCUT2D eigenvalue weighted by molar-refractivity contribution is 7.63. The first kappa shape index (κ1) is 18.9. The Balaban J connectivity index is 1.39. The van der Waals surface area contributed by atoms with E-state index < -0.39 is 12.6 Å². The summed E-state index contributed by atoms with van der Waals surface area (Å²) in [6.45, 7) is 3.28. The van der Waals surface area contributed by atoms with Gasteiger partial charge in [-0.1, -0.05) is 11.6 Å². The molecule has 0 bridgehead atoms. The zero-order valence-corrected chi connectivity index (χ0v) is 16.2. The number of aromatic nitrogens is 3. The summed E-state index contributed by atoms with van der Waals surface area (Å²) in [6, 6.07) is 1.78. The van der Waals surface area contributed by atoms with Crippen molar-refractivity contribution in [2.24, 2.45) is 5.41 Å². The van der Waals surface area contributed by atoms with Gasteiger partial charge in [-0.05, 0) is 31.4 Å². The summed E-state index contributed by atoms with van der Waals surface area (Å²) in [4.78, 5) is 6.55. The fourth-order valence-corrected chi connectivity index (χ4v) is 5.01. The Bertz CT molecular complexity index is 875. The number of hydrogen-bond donors (Lipinski definition) is 1. The van der Waals surface area contributed by atoms with Crippen LogP contribution in [0.5, 0.6) is 0 Å². The average Bonchev–Trinajstić information content (AvgIpc) is 2.82. The molecule has 1 aliphatic carbocycles. The van der Waals surface area contributed by atoms with E-state index in [1.807, 2.05) is 13.0 Å². The van der Waals surface area contributed by atoms with Crippen LogP contribution in [0.2, 0.25) is 5.15 Å². The van der Waals surface area contributed by atoms with Crippen molar-refractivity contribution in [3.63, 3.8) is 0 Å². The van der Waals surface area contributed by atoms with Crippen molar-refractivity contribution in [1.82, 2.24) is 18.9 Å². The van der Waals surface area contributed by atoms with E-state index in [0.717, 1.165) is 42.8 Å². The third-order valence-corrected chi connectivity index (χ3v) is 6.53. The fourth-order valence-electron chi connectivity index (χ4n) is 4.24. The molecule has 0 radical (unpaired) electrons. The molecule has 1 saturated carbocycles. The Hall–Kier alpha value is -1.39. The summed E-state index contributed by atoms with van der Waals surface area (Å²) < 4.78 is 51.5. The van der Waals surface area contributed by atoms with Crippen LogP contribution in [0.1, 0.15) is 24.8 Å². The van der Waals surface area contributed by atoms with Crippen LogP contribution in [0.25, 0.3) is 5.52 Å². The number of thiol groups is 1. The van der Waals surface area contributed by atoms with Crippen LogP contribution in [0.15, 0.2) is 12.4 Å². The molecule has 4 rings (SSSR count). The number of fused-ring (bicyclic) bond motifs is 1. The monoisotopic (exact) mass is 421 g/mol. The van der Waals surface area contributed by atoms with Crippen molar-refractivity contribution >= 4 is 34.8 Å². The van der Waals surface area contributed by atoms with E-state index in [4.69, 9.17) is 11.6 Å². The highest BCUT2D eigenvalue weighted by Crippen LogP contribution is 2.51. The molecule has 0 amide bonds. The highest BCUT2D eigenvalue weighted by atomic mass is 35.5. The molecule has 0 unspecified atom stereocenters. The first-order valence-electron chi connectivity index (χ1n) is 8.62. The molecular formula is C16H19ClF3N5OS. The highest BCUT2D eigenvalue weighted by Gasteiger charge is 2.54. The largest absolute Gasteiger partial charge is 0.390 e. The molecule has 0 N–H and O–H groups in total. The van der Waals surface area contributed by atoms with Gasteiger partial charge in [0.1, 0.15) is 17.0 Å². The van der Waals surface area contributed by atoms with Crippen molar-refractivity contribution in [2.75, 3.05) is 24.5 Å². The molecule has 148 valence electrons. The molecule has 2 aromatic rings. The summed E-state index contributed by atoms with van der Waals surface area (Å²) in [6.07, 6.45) is -2.20. The topological polar surface area (TPSA) is 53.7 Å². The first-order valence-corrected chi connectivity index (χ1v) is 9.76. The second kappa shape index (κ2) is 6.59.